The normalized spacial score (nSPS) is 10.9. The van der Waals surface area contributed by atoms with E-state index >= 15 is 0 Å². The minimum absolute atomic E-state index is 0.0325. The molecule has 8 nitrogen and oxygen atoms in total. The minimum atomic E-state index is -4.89. The van der Waals surface area contributed by atoms with E-state index in [1.807, 2.05) is 0 Å². The van der Waals surface area contributed by atoms with E-state index in [9.17, 15) is 26.7 Å². The third-order valence-electron chi connectivity index (χ3n) is 2.95. The van der Waals surface area contributed by atoms with Crippen molar-refractivity contribution in [2.75, 3.05) is 11.8 Å². The van der Waals surface area contributed by atoms with Crippen molar-refractivity contribution in [2.45, 2.75) is 4.90 Å². The molecule has 0 aliphatic heterocycles. The fourth-order valence-electron chi connectivity index (χ4n) is 1.89. The Hall–Kier alpha value is -3.11. The van der Waals surface area contributed by atoms with Crippen LogP contribution in [0.4, 0.5) is 24.5 Å². The van der Waals surface area contributed by atoms with Crippen LogP contribution < -0.4 is 9.46 Å². The summed E-state index contributed by atoms with van der Waals surface area (Å²) in [6, 6.07) is 3.52. The predicted octanol–water partition coefficient (Wildman–Crippen LogP) is 3.56. The zero-order valence-electron chi connectivity index (χ0n) is 12.4. The summed E-state index contributed by atoms with van der Waals surface area (Å²) >= 11 is 0. The summed E-state index contributed by atoms with van der Waals surface area (Å²) in [6.45, 7) is 0. The molecule has 2 aromatic rings. The number of azide groups is 1. The number of hydrogen-bond acceptors (Lipinski definition) is 5. The Morgan fingerprint density at radius 3 is 2.48 bits per heavy atom. The van der Waals surface area contributed by atoms with Crippen LogP contribution in [0.15, 0.2) is 34.3 Å². The van der Waals surface area contributed by atoms with E-state index in [1.165, 1.54) is 13.2 Å². The highest BCUT2D eigenvalue weighted by atomic mass is 32.2. The van der Waals surface area contributed by atoms with Gasteiger partial charge >= 0.3 is 0 Å². The highest BCUT2D eigenvalue weighted by Crippen LogP contribution is 2.32. The smallest absolute Gasteiger partial charge is 0.267 e. The number of ether oxygens (including phenoxy) is 1. The number of phenols is 1. The molecule has 25 heavy (non-hydrogen) atoms. The molecule has 0 saturated carbocycles. The Kier molecular flexibility index (Phi) is 4.95. The lowest BCUT2D eigenvalue weighted by atomic mass is 10.3. The van der Waals surface area contributed by atoms with Crippen LogP contribution in [-0.2, 0) is 10.0 Å². The van der Waals surface area contributed by atoms with Crippen LogP contribution in [0.25, 0.3) is 10.4 Å². The summed E-state index contributed by atoms with van der Waals surface area (Å²) in [6.07, 6.45) is 0. The van der Waals surface area contributed by atoms with Gasteiger partial charge in [-0.25, -0.2) is 21.6 Å². The SMILES string of the molecule is COc1ccc(NS(=O)(=O)c2c(F)cc(N=[N+]=[N-])c(F)c2F)cc1O. The molecule has 0 unspecified atom stereocenters. The molecule has 2 N–H and O–H groups in total. The molecular formula is C13H9F3N4O4S. The Bertz CT molecular complexity index is 991. The second-order valence-corrected chi connectivity index (χ2v) is 6.14. The molecule has 0 heterocycles. The van der Waals surface area contributed by atoms with Crippen molar-refractivity contribution in [3.05, 3.63) is 52.2 Å². The number of methoxy groups -OCH3 is 1. The standard InChI is InChI=1S/C13H9F3N4O4S/c1-24-10-3-2-6(4-9(10)21)19-25(22,23)13-7(14)5-8(18-20-17)11(15)12(13)16/h2-5,19,21H,1H3. The largest absolute Gasteiger partial charge is 0.504 e. The zero-order valence-corrected chi connectivity index (χ0v) is 13.2. The topological polar surface area (TPSA) is 124 Å². The average molecular weight is 374 g/mol. The quantitative estimate of drug-likeness (QED) is 0.359. The molecule has 0 aliphatic carbocycles. The van der Waals surface area contributed by atoms with E-state index in [1.54, 1.807) is 4.72 Å². The summed E-state index contributed by atoms with van der Waals surface area (Å²) in [4.78, 5) is 0.582. The van der Waals surface area contributed by atoms with Crippen LogP contribution in [-0.4, -0.2) is 20.6 Å². The van der Waals surface area contributed by atoms with Gasteiger partial charge in [-0.2, -0.15) is 0 Å². The Labute approximate surface area is 139 Å². The fraction of sp³-hybridized carbons (Fsp3) is 0.0769. The lowest BCUT2D eigenvalue weighted by Gasteiger charge is -2.12. The first-order chi connectivity index (χ1) is 11.7. The van der Waals surface area contributed by atoms with Gasteiger partial charge in [0.05, 0.1) is 18.5 Å². The molecule has 0 fully saturated rings. The number of nitrogens with zero attached hydrogens (tertiary/aromatic N) is 3. The molecule has 2 rings (SSSR count). The maximum absolute atomic E-state index is 14.0. The van der Waals surface area contributed by atoms with Gasteiger partial charge in [0.2, 0.25) is 0 Å². The van der Waals surface area contributed by atoms with Gasteiger partial charge < -0.3 is 9.84 Å². The first kappa shape index (κ1) is 18.2. The van der Waals surface area contributed by atoms with Crippen molar-refractivity contribution >= 4 is 21.4 Å². The van der Waals surface area contributed by atoms with Gasteiger partial charge in [-0.3, -0.25) is 4.72 Å². The molecule has 0 spiro atoms. The van der Waals surface area contributed by atoms with Crippen LogP contribution in [0.1, 0.15) is 0 Å². The molecule has 0 atom stereocenters. The number of rotatable bonds is 5. The zero-order chi connectivity index (χ0) is 18.8. The number of benzene rings is 2. The van der Waals surface area contributed by atoms with E-state index in [-0.39, 0.29) is 17.5 Å². The second-order valence-electron chi connectivity index (χ2n) is 4.52. The van der Waals surface area contributed by atoms with Crippen LogP contribution >= 0.6 is 0 Å². The summed E-state index contributed by atoms with van der Waals surface area (Å²) in [5, 5.41) is 12.3. The summed E-state index contributed by atoms with van der Waals surface area (Å²) in [5.41, 5.74) is 6.92. The van der Waals surface area contributed by atoms with Gasteiger partial charge in [0.15, 0.2) is 28.0 Å². The molecule has 12 heteroatoms. The Morgan fingerprint density at radius 2 is 1.92 bits per heavy atom. The van der Waals surface area contributed by atoms with Crippen molar-refractivity contribution in [1.82, 2.24) is 0 Å². The van der Waals surface area contributed by atoms with E-state index in [0.29, 0.717) is 0 Å². The van der Waals surface area contributed by atoms with Gasteiger partial charge in [-0.05, 0) is 23.7 Å². The van der Waals surface area contributed by atoms with Gasteiger partial charge in [0.25, 0.3) is 10.0 Å². The second kappa shape index (κ2) is 6.79. The van der Waals surface area contributed by atoms with E-state index in [0.717, 1.165) is 12.1 Å². The highest BCUT2D eigenvalue weighted by Gasteiger charge is 2.29. The van der Waals surface area contributed by atoms with Crippen LogP contribution in [0.2, 0.25) is 0 Å². The molecule has 0 aromatic heterocycles. The fourth-order valence-corrected chi connectivity index (χ4v) is 3.07. The van der Waals surface area contributed by atoms with Crippen molar-refractivity contribution in [1.29, 1.82) is 0 Å². The first-order valence-electron chi connectivity index (χ1n) is 6.33. The Morgan fingerprint density at radius 1 is 1.24 bits per heavy atom. The van der Waals surface area contributed by atoms with Crippen LogP contribution in [0.3, 0.4) is 0 Å². The summed E-state index contributed by atoms with van der Waals surface area (Å²) in [5.74, 6) is -5.94. The number of nitrogens with one attached hydrogen (secondary N) is 1. The maximum Gasteiger partial charge on any atom is 0.267 e. The van der Waals surface area contributed by atoms with Gasteiger partial charge in [-0.1, -0.05) is 5.11 Å². The molecule has 132 valence electrons. The van der Waals surface area contributed by atoms with Crippen LogP contribution in [0.5, 0.6) is 11.5 Å². The molecule has 0 aliphatic rings. The third kappa shape index (κ3) is 3.54. The molecule has 0 amide bonds. The van der Waals surface area contributed by atoms with Gasteiger partial charge in [0, 0.05) is 11.0 Å². The third-order valence-corrected chi connectivity index (χ3v) is 4.37. The molecule has 0 radical (unpaired) electrons. The van der Waals surface area contributed by atoms with Crippen LogP contribution in [0, 0.1) is 17.5 Å². The van der Waals surface area contributed by atoms with E-state index in [4.69, 9.17) is 10.3 Å². The summed E-state index contributed by atoms with van der Waals surface area (Å²) in [7, 11) is -3.63. The van der Waals surface area contributed by atoms with Gasteiger partial charge in [0.1, 0.15) is 5.82 Å². The number of hydrogen-bond donors (Lipinski definition) is 2. The maximum atomic E-state index is 14.0. The Balaban J connectivity index is 2.52. The lowest BCUT2D eigenvalue weighted by molar-refractivity contribution is 0.373. The lowest BCUT2D eigenvalue weighted by Crippen LogP contribution is -2.17. The molecule has 2 aromatic carbocycles. The monoisotopic (exact) mass is 374 g/mol. The van der Waals surface area contributed by atoms with E-state index < -0.39 is 43.8 Å². The number of phenolic OH excluding ortho intramolecular Hbond substituents is 1. The predicted molar refractivity (Wildman–Crippen MR) is 80.6 cm³/mol. The van der Waals surface area contributed by atoms with E-state index in [2.05, 4.69) is 10.0 Å². The molecular weight excluding hydrogens is 365 g/mol. The number of aromatic hydroxyl groups is 1. The highest BCUT2D eigenvalue weighted by molar-refractivity contribution is 7.92. The number of halogens is 3. The van der Waals surface area contributed by atoms with Crippen molar-refractivity contribution < 1.29 is 31.4 Å². The number of sulfonamides is 1. The van der Waals surface area contributed by atoms with Crippen molar-refractivity contribution in [2.24, 2.45) is 5.11 Å². The average Bonchev–Trinajstić information content (AvgIpc) is 2.52. The molecule has 0 saturated heterocycles. The van der Waals surface area contributed by atoms with Crippen molar-refractivity contribution in [3.63, 3.8) is 0 Å². The first-order valence-corrected chi connectivity index (χ1v) is 7.82. The summed E-state index contributed by atoms with van der Waals surface area (Å²) < 4.78 is 72.5. The molecule has 0 bridgehead atoms. The van der Waals surface area contributed by atoms with Crippen molar-refractivity contribution in [3.8, 4) is 11.5 Å². The van der Waals surface area contributed by atoms with Gasteiger partial charge in [-0.15, -0.1) is 0 Å². The number of anilines is 1. The minimum Gasteiger partial charge on any atom is -0.504 e.